The molecule has 0 saturated heterocycles. The number of allylic oxidation sites excluding steroid dienone is 2. The van der Waals surface area contributed by atoms with Crippen molar-refractivity contribution in [3.63, 3.8) is 0 Å². The van der Waals surface area contributed by atoms with E-state index in [1.54, 1.807) is 27.7 Å². The minimum atomic E-state index is -4.80. The predicted octanol–water partition coefficient (Wildman–Crippen LogP) is 2.42. The fourth-order valence-electron chi connectivity index (χ4n) is 3.49. The number of rotatable bonds is 16. The average Bonchev–Trinajstić information content (AvgIpc) is 2.79. The molecule has 1 aliphatic carbocycles. The van der Waals surface area contributed by atoms with Crippen LogP contribution in [0.25, 0.3) is 0 Å². The lowest BCUT2D eigenvalue weighted by molar-refractivity contribution is -0.131. The minimum absolute atomic E-state index is 0.00351. The van der Waals surface area contributed by atoms with Crippen molar-refractivity contribution >= 4 is 50.9 Å². The molecule has 0 spiro atoms. The highest BCUT2D eigenvalue weighted by Gasteiger charge is 2.51. The Kier molecular flexibility index (Phi) is 11.7. The van der Waals surface area contributed by atoms with Crippen molar-refractivity contribution in [2.75, 3.05) is 23.0 Å². The first kappa shape index (κ1) is 32.6. The second kappa shape index (κ2) is 12.9. The fraction of sp³-hybridized carbons (Fsp3) is 0.727. The van der Waals surface area contributed by atoms with Gasteiger partial charge in [0.25, 0.3) is 0 Å². The Morgan fingerprint density at radius 3 is 0.778 bits per heavy atom. The van der Waals surface area contributed by atoms with Crippen LogP contribution in [-0.2, 0) is 48.9 Å². The van der Waals surface area contributed by atoms with Crippen LogP contribution in [0.1, 0.15) is 79.1 Å². The lowest BCUT2D eigenvalue weighted by Crippen LogP contribution is -2.38. The van der Waals surface area contributed by atoms with Crippen LogP contribution < -0.4 is 0 Å². The number of Topliss-reactive ketones (excluding diaryl/α,β-unsaturated/α-hetero) is 2. The van der Waals surface area contributed by atoms with E-state index in [1.807, 2.05) is 0 Å². The number of carbonyl (C=O) groups is 2. The first-order valence-electron chi connectivity index (χ1n) is 12.0. The van der Waals surface area contributed by atoms with E-state index in [1.165, 1.54) is 0 Å². The van der Waals surface area contributed by atoms with Crippen LogP contribution in [0.3, 0.4) is 0 Å². The summed E-state index contributed by atoms with van der Waals surface area (Å²) in [6.07, 6.45) is 1.38. The van der Waals surface area contributed by atoms with E-state index in [9.17, 15) is 43.3 Å². The summed E-state index contributed by atoms with van der Waals surface area (Å²) in [4.78, 5) is 20.7. The third-order valence-corrected chi connectivity index (χ3v) is 13.3. The fourth-order valence-corrected chi connectivity index (χ4v) is 12.4. The van der Waals surface area contributed by atoms with Crippen LogP contribution in [0.2, 0.25) is 0 Å². The maximum Gasteiger partial charge on any atom is 0.247 e. The van der Waals surface area contributed by atoms with Crippen molar-refractivity contribution in [2.45, 2.75) is 79.1 Å². The van der Waals surface area contributed by atoms with Crippen LogP contribution in [0.5, 0.6) is 0 Å². The minimum Gasteiger partial charge on any atom is -0.284 e. The molecule has 0 amide bonds. The van der Waals surface area contributed by atoms with E-state index >= 15 is 0 Å². The SMILES string of the molecule is CCCCS(=O)(=O)C1=C(S(=O)(=O)CCCC)C(S(=O)(=O)CCCC)=C(S(=O)(=O)CCCC)C(=O)C1=O. The lowest BCUT2D eigenvalue weighted by atomic mass is 10.1. The Hall–Kier alpha value is -1.38. The van der Waals surface area contributed by atoms with Gasteiger partial charge >= 0.3 is 0 Å². The Morgan fingerprint density at radius 2 is 0.583 bits per heavy atom. The molecule has 0 N–H and O–H groups in total. The zero-order chi connectivity index (χ0) is 27.9. The highest BCUT2D eigenvalue weighted by molar-refractivity contribution is 8.04. The van der Waals surface area contributed by atoms with Gasteiger partial charge in [-0.15, -0.1) is 0 Å². The summed E-state index contributed by atoms with van der Waals surface area (Å²) in [6, 6.07) is 0. The standard InChI is InChI=1S/C22H36O10S4/c1-5-9-13-33(25,26)19-17(23)18(24)20(34(27,28)14-10-6-2)22(36(31,32)16-12-8-4)21(19)35(29,30)15-11-7-3/h5-16H2,1-4H3. The Balaban J connectivity index is 4.43. The smallest absolute Gasteiger partial charge is 0.247 e. The first-order chi connectivity index (χ1) is 16.6. The van der Waals surface area contributed by atoms with E-state index in [-0.39, 0.29) is 25.7 Å². The van der Waals surface area contributed by atoms with Gasteiger partial charge in [0.05, 0.1) is 23.0 Å². The molecule has 0 radical (unpaired) electrons. The van der Waals surface area contributed by atoms with Gasteiger partial charge in [0.2, 0.25) is 11.6 Å². The lowest BCUT2D eigenvalue weighted by Gasteiger charge is -2.24. The van der Waals surface area contributed by atoms with Crippen LogP contribution in [0.15, 0.2) is 19.6 Å². The van der Waals surface area contributed by atoms with Crippen molar-refractivity contribution in [3.05, 3.63) is 19.6 Å². The molecule has 1 rings (SSSR count). The van der Waals surface area contributed by atoms with Crippen LogP contribution in [-0.4, -0.2) is 68.2 Å². The molecule has 0 heterocycles. The Morgan fingerprint density at radius 1 is 0.389 bits per heavy atom. The van der Waals surface area contributed by atoms with Crippen LogP contribution >= 0.6 is 0 Å². The molecule has 1 aliphatic rings. The molecular formula is C22H36O10S4. The van der Waals surface area contributed by atoms with Gasteiger partial charge in [-0.1, -0.05) is 53.4 Å². The van der Waals surface area contributed by atoms with E-state index < -0.39 is 93.5 Å². The average molecular weight is 589 g/mol. The number of hydrogen-bond acceptors (Lipinski definition) is 10. The number of ketones is 2. The number of hydrogen-bond donors (Lipinski definition) is 0. The molecule has 0 fully saturated rings. The van der Waals surface area contributed by atoms with Crippen molar-refractivity contribution in [3.8, 4) is 0 Å². The van der Waals surface area contributed by atoms with Crippen molar-refractivity contribution < 1.29 is 43.3 Å². The monoisotopic (exact) mass is 588 g/mol. The quantitative estimate of drug-likeness (QED) is 0.193. The third kappa shape index (κ3) is 7.35. The second-order valence-electron chi connectivity index (χ2n) is 8.66. The van der Waals surface area contributed by atoms with Crippen LogP contribution in [0, 0.1) is 0 Å². The molecule has 0 atom stereocenters. The van der Waals surface area contributed by atoms with Gasteiger partial charge < -0.3 is 0 Å². The summed E-state index contributed by atoms with van der Waals surface area (Å²) in [5, 5.41) is 0. The zero-order valence-electron chi connectivity index (χ0n) is 21.2. The molecule has 14 heteroatoms. The molecular weight excluding hydrogens is 553 g/mol. The predicted molar refractivity (Wildman–Crippen MR) is 139 cm³/mol. The summed E-state index contributed by atoms with van der Waals surface area (Å²) in [5.74, 6) is -6.50. The number of unbranched alkanes of at least 4 members (excludes halogenated alkanes) is 4. The van der Waals surface area contributed by atoms with Crippen LogP contribution in [0.4, 0.5) is 0 Å². The van der Waals surface area contributed by atoms with Crippen molar-refractivity contribution in [2.24, 2.45) is 0 Å². The van der Waals surface area contributed by atoms with Gasteiger partial charge in [-0.2, -0.15) is 0 Å². The highest BCUT2D eigenvalue weighted by Crippen LogP contribution is 2.40. The Bertz CT molecular complexity index is 1240. The second-order valence-corrected chi connectivity index (χ2v) is 16.8. The van der Waals surface area contributed by atoms with Gasteiger partial charge in [0.15, 0.2) is 39.3 Å². The Labute approximate surface area is 215 Å². The summed E-state index contributed by atoms with van der Waals surface area (Å²) < 4.78 is 107. The molecule has 0 bridgehead atoms. The molecule has 0 aliphatic heterocycles. The van der Waals surface area contributed by atoms with E-state index in [4.69, 9.17) is 0 Å². The molecule has 0 aromatic rings. The normalized spacial score (nSPS) is 16.2. The maximum absolute atomic E-state index is 13.5. The van der Waals surface area contributed by atoms with Gasteiger partial charge in [0.1, 0.15) is 19.6 Å². The molecule has 0 aromatic carbocycles. The molecule has 0 unspecified atom stereocenters. The van der Waals surface area contributed by atoms with E-state index in [0.717, 1.165) is 0 Å². The summed E-state index contributed by atoms with van der Waals surface area (Å²) in [5.41, 5.74) is 0. The first-order valence-corrected chi connectivity index (χ1v) is 18.7. The molecule has 0 aromatic heterocycles. The van der Waals surface area contributed by atoms with Crippen molar-refractivity contribution in [1.82, 2.24) is 0 Å². The summed E-state index contributed by atoms with van der Waals surface area (Å²) in [7, 11) is -19.1. The van der Waals surface area contributed by atoms with Crippen molar-refractivity contribution in [1.29, 1.82) is 0 Å². The van der Waals surface area contributed by atoms with Gasteiger partial charge in [-0.05, 0) is 25.7 Å². The molecule has 10 nitrogen and oxygen atoms in total. The zero-order valence-corrected chi connectivity index (χ0v) is 24.5. The molecule has 0 saturated carbocycles. The van der Waals surface area contributed by atoms with E-state index in [2.05, 4.69) is 0 Å². The van der Waals surface area contributed by atoms with Gasteiger partial charge in [-0.25, -0.2) is 33.7 Å². The molecule has 208 valence electrons. The third-order valence-electron chi connectivity index (χ3n) is 5.55. The number of sulfone groups is 4. The topological polar surface area (TPSA) is 171 Å². The maximum atomic E-state index is 13.5. The van der Waals surface area contributed by atoms with E-state index in [0.29, 0.717) is 25.7 Å². The molecule has 36 heavy (non-hydrogen) atoms. The van der Waals surface area contributed by atoms with Gasteiger partial charge in [-0.3, -0.25) is 9.59 Å². The summed E-state index contributed by atoms with van der Waals surface area (Å²) >= 11 is 0. The summed E-state index contributed by atoms with van der Waals surface area (Å²) in [6.45, 7) is 6.59. The van der Waals surface area contributed by atoms with Gasteiger partial charge in [0, 0.05) is 0 Å². The highest BCUT2D eigenvalue weighted by atomic mass is 32.2. The largest absolute Gasteiger partial charge is 0.284 e. The number of carbonyl (C=O) groups excluding carboxylic acids is 2.